The van der Waals surface area contributed by atoms with Gasteiger partial charge in [0.15, 0.2) is 0 Å². The highest BCUT2D eigenvalue weighted by atomic mass is 35.5. The minimum Gasteiger partial charge on any atom is -0.352 e. The van der Waals surface area contributed by atoms with E-state index in [0.29, 0.717) is 15.7 Å². The molecular weight excluding hydrogens is 629 g/mol. The Morgan fingerprint density at radius 1 is 0.778 bits per heavy atom. The van der Waals surface area contributed by atoms with Gasteiger partial charge in [0, 0.05) is 29.1 Å². The number of amides is 2. The van der Waals surface area contributed by atoms with Crippen molar-refractivity contribution in [3.05, 3.63) is 130 Å². The molecule has 1 aliphatic rings. The van der Waals surface area contributed by atoms with Crippen LogP contribution >= 0.6 is 23.2 Å². The third kappa shape index (κ3) is 8.45. The van der Waals surface area contributed by atoms with Crippen LogP contribution in [0.5, 0.6) is 0 Å². The molecule has 2 amide bonds. The second-order valence-electron chi connectivity index (χ2n) is 11.1. The zero-order chi connectivity index (χ0) is 31.8. The SMILES string of the molecule is O=C(NC1CCCC1)[C@@H](Cc1ccccc1)N(Cc1cccc(Cl)c1)C(=O)CN(c1ccccc1)S(=O)(=O)c1ccc(Cl)cc1. The molecule has 1 N–H and O–H groups in total. The lowest BCUT2D eigenvalue weighted by Gasteiger charge is -2.34. The third-order valence-electron chi connectivity index (χ3n) is 7.94. The number of anilines is 1. The van der Waals surface area contributed by atoms with E-state index in [2.05, 4.69) is 5.32 Å². The highest BCUT2D eigenvalue weighted by molar-refractivity contribution is 7.92. The molecule has 45 heavy (non-hydrogen) atoms. The summed E-state index contributed by atoms with van der Waals surface area (Å²) >= 11 is 12.4. The van der Waals surface area contributed by atoms with Crippen molar-refractivity contribution < 1.29 is 18.0 Å². The predicted octanol–water partition coefficient (Wildman–Crippen LogP) is 6.89. The monoisotopic (exact) mass is 663 g/mol. The first-order valence-electron chi connectivity index (χ1n) is 14.9. The Kier molecular flexibility index (Phi) is 10.8. The average molecular weight is 665 g/mol. The van der Waals surface area contributed by atoms with Gasteiger partial charge in [0.05, 0.1) is 10.6 Å². The summed E-state index contributed by atoms with van der Waals surface area (Å²) in [5, 5.41) is 4.06. The van der Waals surface area contributed by atoms with Crippen LogP contribution in [0.4, 0.5) is 5.69 Å². The number of nitrogens with one attached hydrogen (secondary N) is 1. The molecule has 1 atom stereocenters. The first-order chi connectivity index (χ1) is 21.7. The van der Waals surface area contributed by atoms with Crippen LogP contribution in [-0.4, -0.2) is 43.8 Å². The standard InChI is InChI=1S/C35H35Cl2N3O4S/c36-28-18-20-32(21-19-28)45(43,44)40(31-16-5-2-6-17-31)25-34(41)39(24-27-12-9-13-29(37)22-27)33(23-26-10-3-1-4-11-26)35(42)38-30-14-7-8-15-30/h1-6,9-13,16-22,30,33H,7-8,14-15,23-25H2,(H,38,42)/t33-/m1/s1. The highest BCUT2D eigenvalue weighted by Crippen LogP contribution is 2.26. The Hall–Kier alpha value is -3.85. The largest absolute Gasteiger partial charge is 0.352 e. The van der Waals surface area contributed by atoms with Crippen LogP contribution in [0.25, 0.3) is 0 Å². The summed E-state index contributed by atoms with van der Waals surface area (Å²) in [7, 11) is -4.20. The number of carbonyl (C=O) groups excluding carboxylic acids is 2. The lowest BCUT2D eigenvalue weighted by molar-refractivity contribution is -0.140. The van der Waals surface area contributed by atoms with Gasteiger partial charge in [-0.1, -0.05) is 96.7 Å². The highest BCUT2D eigenvalue weighted by Gasteiger charge is 2.35. The number of hydrogen-bond donors (Lipinski definition) is 1. The molecule has 0 aromatic heterocycles. The van der Waals surface area contributed by atoms with Gasteiger partial charge in [-0.05, 0) is 72.5 Å². The van der Waals surface area contributed by atoms with Crippen molar-refractivity contribution in [3.63, 3.8) is 0 Å². The summed E-state index contributed by atoms with van der Waals surface area (Å²) in [5.41, 5.74) is 1.91. The van der Waals surface area contributed by atoms with E-state index in [1.165, 1.54) is 29.2 Å². The first-order valence-corrected chi connectivity index (χ1v) is 17.1. The minimum absolute atomic E-state index is 0.00948. The van der Waals surface area contributed by atoms with Crippen LogP contribution in [0.2, 0.25) is 10.0 Å². The van der Waals surface area contributed by atoms with Crippen LogP contribution in [0.1, 0.15) is 36.8 Å². The molecule has 234 valence electrons. The molecule has 0 aliphatic heterocycles. The number of para-hydroxylation sites is 1. The van der Waals surface area contributed by atoms with Crippen molar-refractivity contribution in [2.24, 2.45) is 0 Å². The van der Waals surface area contributed by atoms with Crippen LogP contribution in [0.15, 0.2) is 114 Å². The summed E-state index contributed by atoms with van der Waals surface area (Å²) in [4.78, 5) is 30.0. The van der Waals surface area contributed by atoms with E-state index in [4.69, 9.17) is 23.2 Å². The van der Waals surface area contributed by atoms with Crippen LogP contribution in [0.3, 0.4) is 0 Å². The summed E-state index contributed by atoms with van der Waals surface area (Å²) in [6.45, 7) is -0.476. The van der Waals surface area contributed by atoms with E-state index in [1.807, 2.05) is 36.4 Å². The van der Waals surface area contributed by atoms with Crippen molar-refractivity contribution in [1.82, 2.24) is 10.2 Å². The number of hydrogen-bond acceptors (Lipinski definition) is 4. The van der Waals surface area contributed by atoms with Gasteiger partial charge in [0.25, 0.3) is 10.0 Å². The quantitative estimate of drug-likeness (QED) is 0.179. The molecule has 0 radical (unpaired) electrons. The van der Waals surface area contributed by atoms with Gasteiger partial charge in [-0.2, -0.15) is 0 Å². The second kappa shape index (κ2) is 15.0. The normalized spacial score (nSPS) is 14.1. The van der Waals surface area contributed by atoms with Gasteiger partial charge in [-0.25, -0.2) is 8.42 Å². The second-order valence-corrected chi connectivity index (χ2v) is 13.9. The molecule has 1 aliphatic carbocycles. The molecule has 10 heteroatoms. The molecule has 1 fully saturated rings. The van der Waals surface area contributed by atoms with Gasteiger partial charge in [-0.15, -0.1) is 0 Å². The maximum Gasteiger partial charge on any atom is 0.264 e. The minimum atomic E-state index is -4.20. The number of carbonyl (C=O) groups is 2. The van der Waals surface area contributed by atoms with Crippen molar-refractivity contribution in [2.45, 2.75) is 55.6 Å². The zero-order valence-corrected chi connectivity index (χ0v) is 27.0. The van der Waals surface area contributed by atoms with E-state index < -0.39 is 28.5 Å². The third-order valence-corrected chi connectivity index (χ3v) is 10.2. The number of rotatable bonds is 12. The summed E-state index contributed by atoms with van der Waals surface area (Å²) < 4.78 is 29.2. The van der Waals surface area contributed by atoms with E-state index in [-0.39, 0.29) is 29.8 Å². The maximum atomic E-state index is 14.5. The Bertz CT molecular complexity index is 1700. The fourth-order valence-corrected chi connectivity index (χ4v) is 7.36. The fraction of sp³-hybridized carbons (Fsp3) is 0.257. The summed E-state index contributed by atoms with van der Waals surface area (Å²) in [5.74, 6) is -0.799. The van der Waals surface area contributed by atoms with Crippen molar-refractivity contribution in [3.8, 4) is 0 Å². The van der Waals surface area contributed by atoms with E-state index in [1.54, 1.807) is 48.5 Å². The van der Waals surface area contributed by atoms with Crippen LogP contribution in [-0.2, 0) is 32.6 Å². The number of halogens is 2. The molecule has 0 spiro atoms. The van der Waals surface area contributed by atoms with Crippen molar-refractivity contribution in [2.75, 3.05) is 10.8 Å². The van der Waals surface area contributed by atoms with E-state index in [9.17, 15) is 18.0 Å². The van der Waals surface area contributed by atoms with Gasteiger partial charge in [0.1, 0.15) is 12.6 Å². The molecule has 0 bridgehead atoms. The molecule has 4 aromatic rings. The predicted molar refractivity (Wildman–Crippen MR) is 179 cm³/mol. The van der Waals surface area contributed by atoms with Gasteiger partial charge >= 0.3 is 0 Å². The average Bonchev–Trinajstić information content (AvgIpc) is 3.55. The zero-order valence-electron chi connectivity index (χ0n) is 24.7. The number of nitrogens with zero attached hydrogens (tertiary/aromatic N) is 2. The Morgan fingerprint density at radius 2 is 1.40 bits per heavy atom. The Labute approximate surface area is 274 Å². The van der Waals surface area contributed by atoms with Gasteiger partial charge < -0.3 is 10.2 Å². The molecule has 0 heterocycles. The molecular formula is C35H35Cl2N3O4S. The molecule has 0 unspecified atom stereocenters. The lowest BCUT2D eigenvalue weighted by atomic mass is 10.0. The number of benzene rings is 4. The van der Waals surface area contributed by atoms with Crippen LogP contribution < -0.4 is 9.62 Å². The smallest absolute Gasteiger partial charge is 0.264 e. The molecule has 0 saturated heterocycles. The van der Waals surface area contributed by atoms with Crippen LogP contribution in [0, 0.1) is 0 Å². The Balaban J connectivity index is 1.55. The molecule has 7 nitrogen and oxygen atoms in total. The first kappa shape index (κ1) is 32.5. The number of sulfonamides is 1. The van der Waals surface area contributed by atoms with Crippen molar-refractivity contribution >= 4 is 50.7 Å². The molecule has 1 saturated carbocycles. The Morgan fingerprint density at radius 3 is 2.04 bits per heavy atom. The summed E-state index contributed by atoms with van der Waals surface area (Å²) in [6.07, 6.45) is 4.09. The van der Waals surface area contributed by atoms with E-state index in [0.717, 1.165) is 41.1 Å². The molecule has 5 rings (SSSR count). The topological polar surface area (TPSA) is 86.8 Å². The summed E-state index contributed by atoms with van der Waals surface area (Å²) in [6, 6.07) is 30.0. The van der Waals surface area contributed by atoms with Gasteiger partial charge in [-0.3, -0.25) is 13.9 Å². The maximum absolute atomic E-state index is 14.5. The molecule has 4 aromatic carbocycles. The lowest BCUT2D eigenvalue weighted by Crippen LogP contribution is -2.54. The fourth-order valence-electron chi connectivity index (χ4n) is 5.61. The van der Waals surface area contributed by atoms with Gasteiger partial charge in [0.2, 0.25) is 11.8 Å². The van der Waals surface area contributed by atoms with E-state index >= 15 is 0 Å². The van der Waals surface area contributed by atoms with Crippen molar-refractivity contribution in [1.29, 1.82) is 0 Å².